The summed E-state index contributed by atoms with van der Waals surface area (Å²) < 4.78 is 0. The van der Waals surface area contributed by atoms with Crippen LogP contribution in [-0.4, -0.2) is 17.6 Å². The van der Waals surface area contributed by atoms with Crippen LogP contribution in [0.5, 0.6) is 0 Å². The molecule has 1 N–H and O–H groups in total. The fraction of sp³-hybridized carbons (Fsp3) is 0.375. The minimum Gasteiger partial charge on any atom is -0.313 e. The maximum Gasteiger partial charge on any atom is 0.0937 e. The molecule has 1 fully saturated rings. The summed E-state index contributed by atoms with van der Waals surface area (Å²) in [6.07, 6.45) is 4.63. The molecular weight excluding hydrogens is 266 g/mol. The lowest BCUT2D eigenvalue weighted by Crippen LogP contribution is -2.51. The van der Waals surface area contributed by atoms with E-state index in [4.69, 9.17) is 0 Å². The molecule has 1 saturated carbocycles. The zero-order valence-electron chi connectivity index (χ0n) is 11.2. The molecule has 102 valence electrons. The normalized spacial score (nSPS) is 24.9. The molecule has 0 saturated heterocycles. The summed E-state index contributed by atoms with van der Waals surface area (Å²) in [7, 11) is 0. The molecule has 0 amide bonds. The van der Waals surface area contributed by atoms with Crippen molar-refractivity contribution in [3.05, 3.63) is 52.5 Å². The van der Waals surface area contributed by atoms with Crippen molar-refractivity contribution in [1.29, 1.82) is 5.26 Å². The third-order valence-corrected chi connectivity index (χ3v) is 4.82. The molecule has 1 heterocycles. The van der Waals surface area contributed by atoms with Crippen LogP contribution in [0.1, 0.15) is 23.4 Å². The number of thiazole rings is 1. The van der Waals surface area contributed by atoms with Crippen LogP contribution in [-0.2, 0) is 11.8 Å². The minimum atomic E-state index is -0.278. The van der Waals surface area contributed by atoms with Gasteiger partial charge in [-0.15, -0.1) is 11.3 Å². The van der Waals surface area contributed by atoms with E-state index >= 15 is 0 Å². The number of rotatable bonds is 5. The highest BCUT2D eigenvalue weighted by Crippen LogP contribution is 2.43. The van der Waals surface area contributed by atoms with Crippen LogP contribution >= 0.6 is 11.3 Å². The Morgan fingerprint density at radius 3 is 2.80 bits per heavy atom. The van der Waals surface area contributed by atoms with Crippen molar-refractivity contribution < 1.29 is 0 Å². The maximum atomic E-state index is 9.50. The van der Waals surface area contributed by atoms with Crippen LogP contribution in [0, 0.1) is 11.3 Å². The van der Waals surface area contributed by atoms with E-state index in [0.717, 1.165) is 31.4 Å². The zero-order chi connectivity index (χ0) is 13.8. The fourth-order valence-corrected chi connectivity index (χ4v) is 3.45. The summed E-state index contributed by atoms with van der Waals surface area (Å²) in [6.45, 7) is 0.939. The molecule has 3 rings (SSSR count). The standard InChI is InChI=1S/C16H17N3S/c17-12-16(13-4-2-1-3-5-13)10-14(11-16)18-7-6-15-19-8-9-20-15/h1-5,8-9,14,18H,6-7,10-11H2. The molecule has 2 aromatic rings. The first-order valence-electron chi connectivity index (χ1n) is 6.91. The van der Waals surface area contributed by atoms with Crippen LogP contribution in [0.15, 0.2) is 41.9 Å². The molecule has 0 bridgehead atoms. The molecular formula is C16H17N3S. The van der Waals surface area contributed by atoms with Gasteiger partial charge in [0.1, 0.15) is 0 Å². The average Bonchev–Trinajstić information content (AvgIpc) is 2.96. The summed E-state index contributed by atoms with van der Waals surface area (Å²) in [6, 6.07) is 13.1. The number of nitrogens with zero attached hydrogens (tertiary/aromatic N) is 2. The summed E-state index contributed by atoms with van der Waals surface area (Å²) in [5.41, 5.74) is 0.876. The molecule has 1 aromatic heterocycles. The number of benzene rings is 1. The second-order valence-electron chi connectivity index (χ2n) is 5.30. The molecule has 3 nitrogen and oxygen atoms in total. The number of hydrogen-bond acceptors (Lipinski definition) is 4. The Bertz CT molecular complexity index is 580. The van der Waals surface area contributed by atoms with Gasteiger partial charge in [0.15, 0.2) is 0 Å². The molecule has 0 aliphatic heterocycles. The van der Waals surface area contributed by atoms with Crippen molar-refractivity contribution in [3.63, 3.8) is 0 Å². The Kier molecular flexibility index (Phi) is 3.81. The first kappa shape index (κ1) is 13.3. The van der Waals surface area contributed by atoms with Crippen molar-refractivity contribution in [2.75, 3.05) is 6.54 Å². The predicted molar refractivity (Wildman–Crippen MR) is 80.6 cm³/mol. The van der Waals surface area contributed by atoms with Gasteiger partial charge in [-0.05, 0) is 18.4 Å². The van der Waals surface area contributed by atoms with Gasteiger partial charge in [-0.1, -0.05) is 30.3 Å². The highest BCUT2D eigenvalue weighted by molar-refractivity contribution is 7.09. The largest absolute Gasteiger partial charge is 0.313 e. The number of nitriles is 1. The topological polar surface area (TPSA) is 48.7 Å². The van der Waals surface area contributed by atoms with Crippen molar-refractivity contribution in [2.45, 2.75) is 30.7 Å². The van der Waals surface area contributed by atoms with Gasteiger partial charge < -0.3 is 5.32 Å². The number of hydrogen-bond donors (Lipinski definition) is 1. The molecule has 20 heavy (non-hydrogen) atoms. The SMILES string of the molecule is N#CC1(c2ccccc2)CC(NCCc2nccs2)C1. The lowest BCUT2D eigenvalue weighted by molar-refractivity contribution is 0.228. The summed E-state index contributed by atoms with van der Waals surface area (Å²) in [5, 5.41) is 16.2. The van der Waals surface area contributed by atoms with Gasteiger partial charge in [-0.3, -0.25) is 0 Å². The van der Waals surface area contributed by atoms with E-state index < -0.39 is 0 Å². The first-order valence-corrected chi connectivity index (χ1v) is 7.79. The molecule has 0 unspecified atom stereocenters. The summed E-state index contributed by atoms with van der Waals surface area (Å²) in [4.78, 5) is 4.28. The van der Waals surface area contributed by atoms with Crippen molar-refractivity contribution >= 4 is 11.3 Å². The van der Waals surface area contributed by atoms with Gasteiger partial charge >= 0.3 is 0 Å². The third-order valence-electron chi connectivity index (χ3n) is 3.99. The molecule has 0 atom stereocenters. The van der Waals surface area contributed by atoms with Crippen molar-refractivity contribution in [2.24, 2.45) is 0 Å². The molecule has 1 aliphatic carbocycles. The van der Waals surface area contributed by atoms with Crippen LogP contribution < -0.4 is 5.32 Å². The lowest BCUT2D eigenvalue weighted by Gasteiger charge is -2.43. The van der Waals surface area contributed by atoms with Crippen LogP contribution in [0.4, 0.5) is 0 Å². The van der Waals surface area contributed by atoms with Gasteiger partial charge in [-0.2, -0.15) is 5.26 Å². The van der Waals surface area contributed by atoms with Gasteiger partial charge in [0.2, 0.25) is 0 Å². The van der Waals surface area contributed by atoms with Gasteiger partial charge in [0, 0.05) is 30.6 Å². The Morgan fingerprint density at radius 1 is 1.35 bits per heavy atom. The Labute approximate surface area is 123 Å². The van der Waals surface area contributed by atoms with Gasteiger partial charge in [0.25, 0.3) is 0 Å². The molecule has 0 radical (unpaired) electrons. The number of nitrogens with one attached hydrogen (secondary N) is 1. The fourth-order valence-electron chi connectivity index (χ4n) is 2.83. The summed E-state index contributed by atoms with van der Waals surface area (Å²) >= 11 is 1.70. The van der Waals surface area contributed by atoms with E-state index in [0.29, 0.717) is 6.04 Å². The Balaban J connectivity index is 1.51. The molecule has 1 aliphatic rings. The maximum absolute atomic E-state index is 9.50. The third kappa shape index (κ3) is 2.60. The van der Waals surface area contributed by atoms with Gasteiger partial charge in [0.05, 0.1) is 16.5 Å². The van der Waals surface area contributed by atoms with E-state index in [1.165, 1.54) is 5.01 Å². The average molecular weight is 283 g/mol. The zero-order valence-corrected chi connectivity index (χ0v) is 12.1. The van der Waals surface area contributed by atoms with E-state index in [2.05, 4.69) is 28.5 Å². The van der Waals surface area contributed by atoms with Crippen molar-refractivity contribution in [1.82, 2.24) is 10.3 Å². The monoisotopic (exact) mass is 283 g/mol. The first-order chi connectivity index (χ1) is 9.82. The van der Waals surface area contributed by atoms with Crippen molar-refractivity contribution in [3.8, 4) is 6.07 Å². The van der Waals surface area contributed by atoms with Gasteiger partial charge in [-0.25, -0.2) is 4.98 Å². The second-order valence-corrected chi connectivity index (χ2v) is 6.27. The summed E-state index contributed by atoms with van der Waals surface area (Å²) in [5.74, 6) is 0. The quantitative estimate of drug-likeness (QED) is 0.918. The predicted octanol–water partition coefficient (Wildman–Crippen LogP) is 2.90. The Hall–Kier alpha value is -1.70. The highest BCUT2D eigenvalue weighted by atomic mass is 32.1. The van der Waals surface area contributed by atoms with E-state index in [-0.39, 0.29) is 5.41 Å². The molecule has 4 heteroatoms. The molecule has 1 aromatic carbocycles. The smallest absolute Gasteiger partial charge is 0.0937 e. The van der Waals surface area contributed by atoms with Crippen LogP contribution in [0.25, 0.3) is 0 Å². The van der Waals surface area contributed by atoms with E-state index in [1.54, 1.807) is 11.3 Å². The second kappa shape index (κ2) is 5.74. The van der Waals surface area contributed by atoms with E-state index in [9.17, 15) is 5.26 Å². The minimum absolute atomic E-state index is 0.278. The Morgan fingerprint density at radius 2 is 2.15 bits per heavy atom. The van der Waals surface area contributed by atoms with Crippen LogP contribution in [0.3, 0.4) is 0 Å². The van der Waals surface area contributed by atoms with Crippen LogP contribution in [0.2, 0.25) is 0 Å². The lowest BCUT2D eigenvalue weighted by atomic mass is 9.62. The number of aromatic nitrogens is 1. The highest BCUT2D eigenvalue weighted by Gasteiger charge is 2.45. The molecule has 0 spiro atoms. The van der Waals surface area contributed by atoms with E-state index in [1.807, 2.05) is 29.8 Å².